The van der Waals surface area contributed by atoms with Gasteiger partial charge in [-0.1, -0.05) is 0 Å². The van der Waals surface area contributed by atoms with Crippen molar-refractivity contribution in [1.82, 2.24) is 0 Å². The van der Waals surface area contributed by atoms with E-state index in [1.165, 1.54) is 0 Å². The lowest BCUT2D eigenvalue weighted by Crippen LogP contribution is -2.17. The predicted molar refractivity (Wildman–Crippen MR) is 39.6 cm³/mol. The molecule has 0 aromatic heterocycles. The number of alkyl halides is 3. The van der Waals surface area contributed by atoms with Gasteiger partial charge >= 0.3 is 4.83 Å². The Hall–Kier alpha value is 0.300. The van der Waals surface area contributed by atoms with Gasteiger partial charge in [-0.2, -0.15) is 8.78 Å². The molecule has 1 nitrogen and oxygen atoms in total. The van der Waals surface area contributed by atoms with E-state index in [0.717, 1.165) is 0 Å². The summed E-state index contributed by atoms with van der Waals surface area (Å²) in [5.41, 5.74) is 0. The summed E-state index contributed by atoms with van der Waals surface area (Å²) in [7, 11) is 0. The highest BCUT2D eigenvalue weighted by Gasteiger charge is 2.26. The van der Waals surface area contributed by atoms with E-state index < -0.39 is 4.83 Å². The van der Waals surface area contributed by atoms with Gasteiger partial charge in [0.25, 0.3) is 0 Å². The van der Waals surface area contributed by atoms with Gasteiger partial charge < -0.3 is 4.74 Å². The molecule has 0 aliphatic carbocycles. The number of hydrogen-bond donors (Lipinski definition) is 0. The molecule has 4 heteroatoms. The average molecular weight is 217 g/mol. The first-order valence-corrected chi connectivity index (χ1v) is 3.93. The third-order valence-corrected chi connectivity index (χ3v) is 1.29. The Balaban J connectivity index is 3.47. The second-order valence-corrected chi connectivity index (χ2v) is 3.25. The summed E-state index contributed by atoms with van der Waals surface area (Å²) in [5, 5.41) is 0. The van der Waals surface area contributed by atoms with E-state index in [0.29, 0.717) is 6.61 Å². The summed E-state index contributed by atoms with van der Waals surface area (Å²) in [6.07, 6.45) is -0.666. The Kier molecular flexibility index (Phi) is 4.36. The lowest BCUT2D eigenvalue weighted by Gasteiger charge is -2.14. The molecule has 0 saturated carbocycles. The molecule has 62 valence electrons. The van der Waals surface area contributed by atoms with Crippen molar-refractivity contribution >= 4 is 15.9 Å². The third-order valence-electron chi connectivity index (χ3n) is 0.970. The Morgan fingerprint density at radius 2 is 2.10 bits per heavy atom. The van der Waals surface area contributed by atoms with E-state index in [4.69, 9.17) is 4.74 Å². The Morgan fingerprint density at radius 1 is 1.60 bits per heavy atom. The zero-order chi connectivity index (χ0) is 8.20. The van der Waals surface area contributed by atoms with Gasteiger partial charge in [-0.3, -0.25) is 0 Å². The van der Waals surface area contributed by atoms with Crippen LogP contribution in [-0.4, -0.2) is 17.5 Å². The lowest BCUT2D eigenvalue weighted by atomic mass is 10.3. The van der Waals surface area contributed by atoms with E-state index in [1.807, 2.05) is 0 Å². The Morgan fingerprint density at radius 3 is 2.40 bits per heavy atom. The van der Waals surface area contributed by atoms with Crippen molar-refractivity contribution in [1.29, 1.82) is 0 Å². The standard InChI is InChI=1S/C6H11BrF2O/c1-3-10-5(2)4-6(7,8)9/h5H,3-4H2,1-2H3. The van der Waals surface area contributed by atoms with Gasteiger partial charge in [-0.15, -0.1) is 0 Å². The van der Waals surface area contributed by atoms with Crippen molar-refractivity contribution in [3.05, 3.63) is 0 Å². The van der Waals surface area contributed by atoms with Crippen LogP contribution in [0.5, 0.6) is 0 Å². The van der Waals surface area contributed by atoms with Crippen LogP contribution in [0, 0.1) is 0 Å². The zero-order valence-electron chi connectivity index (χ0n) is 6.03. The molecule has 0 heterocycles. The molecule has 1 atom stereocenters. The van der Waals surface area contributed by atoms with Crippen LogP contribution in [0.1, 0.15) is 20.3 Å². The summed E-state index contributed by atoms with van der Waals surface area (Å²) in [4.78, 5) is -2.79. The molecule has 0 radical (unpaired) electrons. The molecule has 0 aromatic carbocycles. The Bertz CT molecular complexity index is 92.2. The number of halogens is 3. The van der Waals surface area contributed by atoms with Crippen molar-refractivity contribution in [2.24, 2.45) is 0 Å². The highest BCUT2D eigenvalue weighted by molar-refractivity contribution is 9.09. The van der Waals surface area contributed by atoms with Crippen molar-refractivity contribution in [2.45, 2.75) is 31.2 Å². The van der Waals surface area contributed by atoms with Crippen molar-refractivity contribution in [3.63, 3.8) is 0 Å². The fraction of sp³-hybridized carbons (Fsp3) is 1.00. The molecule has 0 N–H and O–H groups in total. The lowest BCUT2D eigenvalue weighted by molar-refractivity contribution is 0.00599. The SMILES string of the molecule is CCOC(C)CC(F)(F)Br. The molecule has 0 amide bonds. The van der Waals surface area contributed by atoms with Crippen LogP contribution in [0.2, 0.25) is 0 Å². The fourth-order valence-electron chi connectivity index (χ4n) is 0.669. The van der Waals surface area contributed by atoms with Crippen LogP contribution in [0.25, 0.3) is 0 Å². The molecular weight excluding hydrogens is 206 g/mol. The minimum Gasteiger partial charge on any atom is -0.379 e. The smallest absolute Gasteiger partial charge is 0.303 e. The minimum atomic E-state index is -2.79. The van der Waals surface area contributed by atoms with Gasteiger partial charge in [0.05, 0.1) is 6.10 Å². The topological polar surface area (TPSA) is 9.23 Å². The van der Waals surface area contributed by atoms with Crippen LogP contribution in [0.15, 0.2) is 0 Å². The van der Waals surface area contributed by atoms with Gasteiger partial charge in [0.1, 0.15) is 0 Å². The predicted octanol–water partition coefficient (Wildman–Crippen LogP) is 2.79. The third kappa shape index (κ3) is 6.42. The highest BCUT2D eigenvalue weighted by atomic mass is 79.9. The second kappa shape index (κ2) is 4.23. The fourth-order valence-corrected chi connectivity index (χ4v) is 1.13. The first-order valence-electron chi connectivity index (χ1n) is 3.14. The van der Waals surface area contributed by atoms with E-state index in [2.05, 4.69) is 15.9 Å². The van der Waals surface area contributed by atoms with Gasteiger partial charge in [-0.05, 0) is 29.8 Å². The van der Waals surface area contributed by atoms with Gasteiger partial charge in [0, 0.05) is 13.0 Å². The molecule has 10 heavy (non-hydrogen) atoms. The number of rotatable bonds is 4. The summed E-state index contributed by atoms with van der Waals surface area (Å²) in [6.45, 7) is 3.88. The van der Waals surface area contributed by atoms with Crippen LogP contribution < -0.4 is 0 Å². The molecule has 0 aromatic rings. The van der Waals surface area contributed by atoms with E-state index >= 15 is 0 Å². The molecular formula is C6H11BrF2O. The van der Waals surface area contributed by atoms with E-state index in [-0.39, 0.29) is 12.5 Å². The van der Waals surface area contributed by atoms with Crippen molar-refractivity contribution in [2.75, 3.05) is 6.61 Å². The largest absolute Gasteiger partial charge is 0.379 e. The Labute approximate surface area is 67.9 Å². The number of hydrogen-bond acceptors (Lipinski definition) is 1. The molecule has 0 fully saturated rings. The molecule has 0 spiro atoms. The zero-order valence-corrected chi connectivity index (χ0v) is 7.62. The quantitative estimate of drug-likeness (QED) is 0.658. The molecule has 1 unspecified atom stereocenters. The van der Waals surface area contributed by atoms with E-state index in [9.17, 15) is 8.78 Å². The van der Waals surface area contributed by atoms with Crippen LogP contribution in [0.3, 0.4) is 0 Å². The molecule has 0 saturated heterocycles. The maximum atomic E-state index is 12.1. The molecule has 0 bridgehead atoms. The minimum absolute atomic E-state index is 0.277. The molecule has 0 aliphatic rings. The summed E-state index contributed by atoms with van der Waals surface area (Å²) < 4.78 is 29.2. The highest BCUT2D eigenvalue weighted by Crippen LogP contribution is 2.27. The number of ether oxygens (including phenoxy) is 1. The first-order chi connectivity index (χ1) is 4.45. The normalized spacial score (nSPS) is 15.3. The second-order valence-electron chi connectivity index (χ2n) is 2.09. The monoisotopic (exact) mass is 216 g/mol. The van der Waals surface area contributed by atoms with Gasteiger partial charge in [-0.25, -0.2) is 0 Å². The van der Waals surface area contributed by atoms with Crippen LogP contribution >= 0.6 is 15.9 Å². The molecule has 0 aliphatic heterocycles. The van der Waals surface area contributed by atoms with Gasteiger partial charge in [0.15, 0.2) is 0 Å². The maximum Gasteiger partial charge on any atom is 0.303 e. The summed E-state index contributed by atoms with van der Waals surface area (Å²) in [6, 6.07) is 0. The summed E-state index contributed by atoms with van der Waals surface area (Å²) in [5.74, 6) is 0. The summed E-state index contributed by atoms with van der Waals surface area (Å²) >= 11 is 2.24. The molecule has 0 rings (SSSR count). The van der Waals surface area contributed by atoms with Gasteiger partial charge in [0.2, 0.25) is 0 Å². The van der Waals surface area contributed by atoms with Crippen molar-refractivity contribution < 1.29 is 13.5 Å². The van der Waals surface area contributed by atoms with E-state index in [1.54, 1.807) is 13.8 Å². The average Bonchev–Trinajstić information content (AvgIpc) is 1.59. The van der Waals surface area contributed by atoms with Crippen LogP contribution in [-0.2, 0) is 4.74 Å². The maximum absolute atomic E-state index is 12.1. The van der Waals surface area contributed by atoms with Crippen LogP contribution in [0.4, 0.5) is 8.78 Å². The first kappa shape index (κ1) is 10.3. The van der Waals surface area contributed by atoms with Crippen molar-refractivity contribution in [3.8, 4) is 0 Å².